The maximum absolute atomic E-state index is 13.0. The molecule has 2 aromatic heterocycles. The second-order valence-electron chi connectivity index (χ2n) is 10.7. The van der Waals surface area contributed by atoms with Crippen LogP contribution in [0.15, 0.2) is 33.5 Å². The van der Waals surface area contributed by atoms with Gasteiger partial charge in [0.2, 0.25) is 0 Å². The molecule has 0 atom stereocenters. The largest absolute Gasteiger partial charge is 0.514 e. The first-order valence-corrected chi connectivity index (χ1v) is 13.1. The molecule has 0 unspecified atom stereocenters. The van der Waals surface area contributed by atoms with Gasteiger partial charge in [-0.05, 0) is 71.7 Å². The van der Waals surface area contributed by atoms with Crippen LogP contribution < -0.4 is 9.61 Å². The van der Waals surface area contributed by atoms with Crippen LogP contribution in [0.3, 0.4) is 0 Å². The van der Waals surface area contributed by atoms with Gasteiger partial charge < -0.3 is 33.3 Å². The van der Waals surface area contributed by atoms with Crippen LogP contribution in [-0.4, -0.2) is 52.7 Å². The zero-order valence-electron chi connectivity index (χ0n) is 22.5. The van der Waals surface area contributed by atoms with E-state index < -0.39 is 23.5 Å². The molecule has 38 heavy (non-hydrogen) atoms. The van der Waals surface area contributed by atoms with Crippen LogP contribution in [0.4, 0.5) is 9.59 Å². The van der Waals surface area contributed by atoms with E-state index in [1.807, 2.05) is 0 Å². The van der Waals surface area contributed by atoms with Gasteiger partial charge >= 0.3 is 17.1 Å². The summed E-state index contributed by atoms with van der Waals surface area (Å²) in [5.74, 6) is 1.41. The van der Waals surface area contributed by atoms with E-state index in [9.17, 15) is 19.2 Å². The Morgan fingerprint density at radius 1 is 0.974 bits per heavy atom. The molecule has 0 bridgehead atoms. The van der Waals surface area contributed by atoms with E-state index >= 15 is 0 Å². The molecular weight excluding hydrogens is 512 g/mol. The Morgan fingerprint density at radius 2 is 1.63 bits per heavy atom. The van der Waals surface area contributed by atoms with Crippen molar-refractivity contribution in [2.24, 2.45) is 0 Å². The van der Waals surface area contributed by atoms with Crippen LogP contribution in [0.1, 0.15) is 58.6 Å². The fourth-order valence-electron chi connectivity index (χ4n) is 3.58. The highest BCUT2D eigenvalue weighted by Crippen LogP contribution is 2.30. The average molecular weight is 547 g/mol. The molecule has 3 aromatic rings. The predicted octanol–water partition coefficient (Wildman–Crippen LogP) is 5.26. The second kappa shape index (κ2) is 11.8. The lowest BCUT2D eigenvalue weighted by molar-refractivity contribution is -0.107. The highest BCUT2D eigenvalue weighted by molar-refractivity contribution is 7.16. The average Bonchev–Trinajstić information content (AvgIpc) is 3.38. The number of amides is 1. The fourth-order valence-corrected chi connectivity index (χ4v) is 4.47. The van der Waals surface area contributed by atoms with Crippen molar-refractivity contribution >= 4 is 40.1 Å². The predicted molar refractivity (Wildman–Crippen MR) is 143 cm³/mol. The van der Waals surface area contributed by atoms with Crippen LogP contribution in [0, 0.1) is 0 Å². The minimum absolute atomic E-state index is 0.185. The minimum atomic E-state index is -0.871. The Hall–Kier alpha value is -3.60. The first-order chi connectivity index (χ1) is 17.7. The van der Waals surface area contributed by atoms with Gasteiger partial charge in [-0.15, -0.1) is 0 Å². The van der Waals surface area contributed by atoms with Crippen molar-refractivity contribution in [3.63, 3.8) is 0 Å². The van der Waals surface area contributed by atoms with Crippen molar-refractivity contribution in [2.75, 3.05) is 13.1 Å². The van der Waals surface area contributed by atoms with E-state index in [2.05, 4.69) is 4.98 Å². The van der Waals surface area contributed by atoms with Crippen molar-refractivity contribution in [1.29, 1.82) is 0 Å². The second-order valence-corrected chi connectivity index (χ2v) is 11.7. The number of hydrogen-bond acceptors (Lipinski definition) is 9. The third kappa shape index (κ3) is 8.47. The van der Waals surface area contributed by atoms with Crippen LogP contribution in [0.2, 0.25) is 0 Å². The van der Waals surface area contributed by atoms with Crippen molar-refractivity contribution in [3.05, 3.63) is 51.0 Å². The summed E-state index contributed by atoms with van der Waals surface area (Å²) in [4.78, 5) is 52.1. The van der Waals surface area contributed by atoms with Gasteiger partial charge in [-0.2, -0.15) is 0 Å². The van der Waals surface area contributed by atoms with Gasteiger partial charge in [0.1, 0.15) is 34.5 Å². The highest BCUT2D eigenvalue weighted by Gasteiger charge is 2.24. The number of aldehydes is 1. The third-order valence-corrected chi connectivity index (χ3v) is 6.10. The number of ether oxygens (including phenoxy) is 3. The smallest absolute Gasteiger partial charge is 0.466 e. The molecular formula is C27H34N2O8S. The van der Waals surface area contributed by atoms with Crippen LogP contribution >= 0.6 is 11.3 Å². The van der Waals surface area contributed by atoms with Gasteiger partial charge in [0.15, 0.2) is 5.75 Å². The van der Waals surface area contributed by atoms with Gasteiger partial charge in [0.05, 0.1) is 11.1 Å². The molecule has 0 fully saturated rings. The summed E-state index contributed by atoms with van der Waals surface area (Å²) in [5, 5.41) is 0. The topological polar surface area (TPSA) is 128 Å². The molecule has 2 heterocycles. The summed E-state index contributed by atoms with van der Waals surface area (Å²) >= 11 is 0.999. The Balaban J connectivity index is 1.78. The summed E-state index contributed by atoms with van der Waals surface area (Å²) in [5.41, 5.74) is -0.203. The van der Waals surface area contributed by atoms with E-state index in [1.165, 1.54) is 0 Å². The van der Waals surface area contributed by atoms with E-state index in [1.54, 1.807) is 70.7 Å². The number of rotatable bonds is 9. The first kappa shape index (κ1) is 29.0. The summed E-state index contributed by atoms with van der Waals surface area (Å²) in [6.45, 7) is 11.2. The summed E-state index contributed by atoms with van der Waals surface area (Å²) < 4.78 is 22.5. The molecule has 0 aliphatic rings. The molecule has 0 aliphatic heterocycles. The zero-order valence-corrected chi connectivity index (χ0v) is 23.4. The number of aromatic nitrogens is 1. The number of carbonyl (C=O) groups excluding carboxylic acids is 3. The molecule has 3 rings (SSSR count). The first-order valence-electron chi connectivity index (χ1n) is 12.3. The zero-order chi connectivity index (χ0) is 28.1. The van der Waals surface area contributed by atoms with Gasteiger partial charge in [-0.3, -0.25) is 4.79 Å². The molecule has 11 heteroatoms. The molecule has 0 saturated carbocycles. The monoisotopic (exact) mass is 546 g/mol. The normalized spacial score (nSPS) is 11.8. The number of carbonyl (C=O) groups is 3. The maximum Gasteiger partial charge on any atom is 0.514 e. The quantitative estimate of drug-likeness (QED) is 0.219. The molecule has 0 spiro atoms. The number of H-pyrrole nitrogens is 1. The lowest BCUT2D eigenvalue weighted by atomic mass is 10.1. The molecule has 1 N–H and O–H groups in total. The lowest BCUT2D eigenvalue weighted by Gasteiger charge is -2.27. The standard InChI is InChI=1S/C27H34N2O8S/c1-26(2,3)36-24(32)29(15-12-18-8-9-19(34-18)13-16-30)14-11-17-7-10-20(21-22(17)38-23(31)28-21)35-25(33)37-27(4,5)6/h7-10,16H,11-15H2,1-6H3,(H,28,31). The van der Waals surface area contributed by atoms with Gasteiger partial charge in [-0.25, -0.2) is 9.59 Å². The SMILES string of the molecule is CC(C)(C)OC(=O)Oc1ccc(CCN(CCc2ccc(CC=O)o2)C(=O)OC(C)(C)C)c2sc(=O)[nH]c12. The number of thiazole rings is 1. The number of aromatic amines is 1. The van der Waals surface area contributed by atoms with Gasteiger partial charge in [0, 0.05) is 19.5 Å². The number of benzene rings is 1. The maximum atomic E-state index is 13.0. The molecule has 0 radical (unpaired) electrons. The number of fused-ring (bicyclic) bond motifs is 1. The summed E-state index contributed by atoms with van der Waals surface area (Å²) in [7, 11) is 0. The van der Waals surface area contributed by atoms with E-state index in [-0.39, 0.29) is 17.0 Å². The number of nitrogens with one attached hydrogen (secondary N) is 1. The lowest BCUT2D eigenvalue weighted by Crippen LogP contribution is -2.39. The highest BCUT2D eigenvalue weighted by atomic mass is 32.1. The molecule has 0 saturated heterocycles. The Bertz CT molecular complexity index is 1340. The van der Waals surface area contributed by atoms with Crippen molar-refractivity contribution in [2.45, 2.75) is 72.0 Å². The van der Waals surface area contributed by atoms with Gasteiger partial charge in [-0.1, -0.05) is 17.4 Å². The molecule has 10 nitrogen and oxygen atoms in total. The third-order valence-electron chi connectivity index (χ3n) is 5.14. The Labute approximate surface area is 224 Å². The molecule has 0 aliphatic carbocycles. The van der Waals surface area contributed by atoms with Crippen LogP contribution in [0.5, 0.6) is 5.75 Å². The molecule has 206 valence electrons. The van der Waals surface area contributed by atoms with E-state index in [4.69, 9.17) is 18.6 Å². The Morgan fingerprint density at radius 3 is 2.29 bits per heavy atom. The van der Waals surface area contributed by atoms with Crippen molar-refractivity contribution < 1.29 is 33.0 Å². The van der Waals surface area contributed by atoms with Gasteiger partial charge in [0.25, 0.3) is 0 Å². The fraction of sp³-hybridized carbons (Fsp3) is 0.481. The van der Waals surface area contributed by atoms with Crippen LogP contribution in [-0.2, 0) is 33.5 Å². The van der Waals surface area contributed by atoms with Crippen molar-refractivity contribution in [3.8, 4) is 5.75 Å². The molecule has 1 aromatic carbocycles. The number of furan rings is 1. The minimum Gasteiger partial charge on any atom is -0.466 e. The van der Waals surface area contributed by atoms with E-state index in [0.717, 1.165) is 23.2 Å². The van der Waals surface area contributed by atoms with Crippen molar-refractivity contribution in [1.82, 2.24) is 9.88 Å². The number of nitrogens with zero attached hydrogens (tertiary/aromatic N) is 1. The number of hydrogen-bond donors (Lipinski definition) is 1. The van der Waals surface area contributed by atoms with Crippen LogP contribution in [0.25, 0.3) is 10.2 Å². The Kier molecular flexibility index (Phi) is 9.03. The van der Waals surface area contributed by atoms with E-state index in [0.29, 0.717) is 47.7 Å². The summed E-state index contributed by atoms with van der Waals surface area (Å²) in [6, 6.07) is 6.89. The summed E-state index contributed by atoms with van der Waals surface area (Å²) in [6.07, 6.45) is 0.483. The molecule has 1 amide bonds.